The molecule has 1 unspecified atom stereocenters. The van der Waals surface area contributed by atoms with Crippen LogP contribution < -0.4 is 10.6 Å². The van der Waals surface area contributed by atoms with Gasteiger partial charge in [0.05, 0.1) is 0 Å². The molecule has 0 aromatic heterocycles. The van der Waals surface area contributed by atoms with Crippen molar-refractivity contribution in [2.24, 2.45) is 5.92 Å². The van der Waals surface area contributed by atoms with Gasteiger partial charge in [0.1, 0.15) is 0 Å². The van der Waals surface area contributed by atoms with Gasteiger partial charge in [-0.2, -0.15) is 0 Å². The molecule has 0 aromatic carbocycles. The van der Waals surface area contributed by atoms with Crippen molar-refractivity contribution in [1.82, 2.24) is 15.5 Å². The van der Waals surface area contributed by atoms with Crippen LogP contribution in [0.4, 0.5) is 0 Å². The maximum Gasteiger partial charge on any atom is 0.220 e. The molecule has 1 aliphatic heterocycles. The highest BCUT2D eigenvalue weighted by Crippen LogP contribution is 2.12. The molecule has 0 spiro atoms. The molecule has 0 aromatic rings. The molecule has 1 aliphatic rings. The Morgan fingerprint density at radius 2 is 2.00 bits per heavy atom. The minimum Gasteiger partial charge on any atom is -0.354 e. The highest BCUT2D eigenvalue weighted by atomic mass is 35.5. The Labute approximate surface area is 123 Å². The Balaban J connectivity index is 0. The van der Waals surface area contributed by atoms with Gasteiger partial charge in [-0.15, -0.1) is 24.8 Å². The minimum absolute atomic E-state index is 0. The minimum atomic E-state index is 0. The maximum atomic E-state index is 11.7. The molecule has 0 radical (unpaired) electrons. The van der Waals surface area contributed by atoms with Crippen LogP contribution in [0.5, 0.6) is 0 Å². The molecular weight excluding hydrogens is 273 g/mol. The van der Waals surface area contributed by atoms with Gasteiger partial charge in [0, 0.05) is 18.5 Å². The summed E-state index contributed by atoms with van der Waals surface area (Å²) >= 11 is 0. The first-order valence-corrected chi connectivity index (χ1v) is 6.06. The van der Waals surface area contributed by atoms with Crippen LogP contribution in [0.1, 0.15) is 26.7 Å². The SMILES string of the molecule is CN(C)C(C)(C)CNC(=O)CC1CCNC1.Cl.Cl. The van der Waals surface area contributed by atoms with Crippen molar-refractivity contribution in [3.05, 3.63) is 0 Å². The van der Waals surface area contributed by atoms with Crippen LogP contribution in [0.15, 0.2) is 0 Å². The molecule has 0 bridgehead atoms. The molecule has 1 fully saturated rings. The Morgan fingerprint density at radius 1 is 1.39 bits per heavy atom. The zero-order chi connectivity index (χ0) is 12.2. The molecule has 1 heterocycles. The van der Waals surface area contributed by atoms with Crippen molar-refractivity contribution in [3.63, 3.8) is 0 Å². The highest BCUT2D eigenvalue weighted by molar-refractivity contribution is 5.85. The first-order valence-electron chi connectivity index (χ1n) is 6.06. The number of nitrogens with one attached hydrogen (secondary N) is 2. The van der Waals surface area contributed by atoms with E-state index in [9.17, 15) is 4.79 Å². The lowest BCUT2D eigenvalue weighted by Gasteiger charge is -2.32. The number of carbonyl (C=O) groups is 1. The van der Waals surface area contributed by atoms with Crippen molar-refractivity contribution in [2.45, 2.75) is 32.2 Å². The van der Waals surface area contributed by atoms with E-state index in [1.165, 1.54) is 0 Å². The van der Waals surface area contributed by atoms with Crippen molar-refractivity contribution in [3.8, 4) is 0 Å². The number of carbonyl (C=O) groups excluding carboxylic acids is 1. The van der Waals surface area contributed by atoms with Gasteiger partial charge in [-0.05, 0) is 53.4 Å². The van der Waals surface area contributed by atoms with Gasteiger partial charge in [0.25, 0.3) is 0 Å². The Morgan fingerprint density at radius 3 is 2.44 bits per heavy atom. The number of nitrogens with zero attached hydrogens (tertiary/aromatic N) is 1. The van der Waals surface area contributed by atoms with Crippen molar-refractivity contribution < 1.29 is 4.79 Å². The Hall–Kier alpha value is -0.0300. The molecule has 1 atom stereocenters. The molecule has 1 rings (SSSR count). The van der Waals surface area contributed by atoms with Crippen LogP contribution in [0.2, 0.25) is 0 Å². The van der Waals surface area contributed by atoms with Gasteiger partial charge in [-0.3, -0.25) is 4.79 Å². The zero-order valence-electron chi connectivity index (χ0n) is 11.8. The molecule has 18 heavy (non-hydrogen) atoms. The van der Waals surface area contributed by atoms with Crippen LogP contribution in [0.3, 0.4) is 0 Å². The van der Waals surface area contributed by atoms with E-state index in [0.29, 0.717) is 18.9 Å². The number of hydrogen-bond acceptors (Lipinski definition) is 3. The van der Waals surface area contributed by atoms with Crippen LogP contribution in [0.25, 0.3) is 0 Å². The van der Waals surface area contributed by atoms with Crippen LogP contribution in [-0.2, 0) is 4.79 Å². The lowest BCUT2D eigenvalue weighted by molar-refractivity contribution is -0.122. The predicted molar refractivity (Wildman–Crippen MR) is 80.9 cm³/mol. The largest absolute Gasteiger partial charge is 0.354 e. The van der Waals surface area contributed by atoms with E-state index >= 15 is 0 Å². The van der Waals surface area contributed by atoms with E-state index < -0.39 is 0 Å². The van der Waals surface area contributed by atoms with Gasteiger partial charge in [-0.25, -0.2) is 0 Å². The Kier molecular flexibility index (Phi) is 10.1. The van der Waals surface area contributed by atoms with Crippen LogP contribution in [-0.4, -0.2) is 50.1 Å². The lowest BCUT2D eigenvalue weighted by atomic mass is 10.0. The van der Waals surface area contributed by atoms with E-state index in [2.05, 4.69) is 29.4 Å². The summed E-state index contributed by atoms with van der Waals surface area (Å²) < 4.78 is 0. The van der Waals surface area contributed by atoms with Gasteiger partial charge < -0.3 is 15.5 Å². The summed E-state index contributed by atoms with van der Waals surface area (Å²) in [5, 5.41) is 6.30. The molecule has 1 amide bonds. The third-order valence-electron chi connectivity index (χ3n) is 3.57. The quantitative estimate of drug-likeness (QED) is 0.804. The summed E-state index contributed by atoms with van der Waals surface area (Å²) in [6, 6.07) is 0. The lowest BCUT2D eigenvalue weighted by Crippen LogP contribution is -2.48. The number of rotatable bonds is 5. The molecule has 1 saturated heterocycles. The number of hydrogen-bond donors (Lipinski definition) is 2. The number of amides is 1. The van der Waals surface area contributed by atoms with E-state index in [1.54, 1.807) is 0 Å². The Bertz CT molecular complexity index is 241. The van der Waals surface area contributed by atoms with Crippen LogP contribution in [0, 0.1) is 5.92 Å². The first-order chi connectivity index (χ1) is 7.42. The van der Waals surface area contributed by atoms with Crippen molar-refractivity contribution >= 4 is 30.7 Å². The summed E-state index contributed by atoms with van der Waals surface area (Å²) in [7, 11) is 4.07. The third-order valence-corrected chi connectivity index (χ3v) is 3.57. The molecule has 6 heteroatoms. The summed E-state index contributed by atoms with van der Waals surface area (Å²) in [4.78, 5) is 13.8. The summed E-state index contributed by atoms with van der Waals surface area (Å²) in [5.41, 5.74) is 0.0174. The fraction of sp³-hybridized carbons (Fsp3) is 0.917. The molecule has 0 aliphatic carbocycles. The molecule has 2 N–H and O–H groups in total. The monoisotopic (exact) mass is 299 g/mol. The summed E-state index contributed by atoms with van der Waals surface area (Å²) in [6.07, 6.45) is 1.79. The fourth-order valence-corrected chi connectivity index (χ4v) is 1.70. The van der Waals surface area contributed by atoms with E-state index in [0.717, 1.165) is 19.5 Å². The second-order valence-corrected chi connectivity index (χ2v) is 5.55. The standard InChI is InChI=1S/C12H25N3O.2ClH/c1-12(2,15(3)4)9-14-11(16)7-10-5-6-13-8-10;;/h10,13H,5-9H2,1-4H3,(H,14,16);2*1H. The second-order valence-electron chi connectivity index (χ2n) is 5.55. The number of halogens is 2. The average Bonchev–Trinajstić information content (AvgIpc) is 2.67. The molecule has 110 valence electrons. The molecule has 4 nitrogen and oxygen atoms in total. The number of likely N-dealkylation sites (N-methyl/N-ethyl adjacent to an activating group) is 1. The smallest absolute Gasteiger partial charge is 0.220 e. The summed E-state index contributed by atoms with van der Waals surface area (Å²) in [6.45, 7) is 7.01. The first kappa shape index (κ1) is 20.3. The van der Waals surface area contributed by atoms with Gasteiger partial charge in [0.15, 0.2) is 0 Å². The maximum absolute atomic E-state index is 11.7. The topological polar surface area (TPSA) is 44.4 Å². The van der Waals surface area contributed by atoms with Crippen molar-refractivity contribution in [2.75, 3.05) is 33.7 Å². The van der Waals surface area contributed by atoms with E-state index in [-0.39, 0.29) is 36.3 Å². The van der Waals surface area contributed by atoms with Gasteiger partial charge >= 0.3 is 0 Å². The molecule has 0 saturated carbocycles. The van der Waals surface area contributed by atoms with E-state index in [1.807, 2.05) is 14.1 Å². The molecular formula is C12H27Cl2N3O. The van der Waals surface area contributed by atoms with Crippen LogP contribution >= 0.6 is 24.8 Å². The van der Waals surface area contributed by atoms with Gasteiger partial charge in [0.2, 0.25) is 5.91 Å². The fourth-order valence-electron chi connectivity index (χ4n) is 1.70. The second kappa shape index (κ2) is 8.97. The average molecular weight is 300 g/mol. The highest BCUT2D eigenvalue weighted by Gasteiger charge is 2.22. The third kappa shape index (κ3) is 6.78. The normalized spacial score (nSPS) is 19.1. The van der Waals surface area contributed by atoms with Gasteiger partial charge in [-0.1, -0.05) is 0 Å². The summed E-state index contributed by atoms with van der Waals surface area (Å²) in [5.74, 6) is 0.714. The van der Waals surface area contributed by atoms with E-state index in [4.69, 9.17) is 0 Å². The van der Waals surface area contributed by atoms with Crippen molar-refractivity contribution in [1.29, 1.82) is 0 Å². The zero-order valence-corrected chi connectivity index (χ0v) is 13.4. The predicted octanol–water partition coefficient (Wildman–Crippen LogP) is 1.29.